The van der Waals surface area contributed by atoms with Gasteiger partial charge in [-0.15, -0.1) is 11.3 Å². The molecule has 2 aromatic heterocycles. The van der Waals surface area contributed by atoms with Gasteiger partial charge in [0.1, 0.15) is 5.01 Å². The van der Waals surface area contributed by atoms with Gasteiger partial charge in [0, 0.05) is 69.3 Å². The van der Waals surface area contributed by atoms with Crippen LogP contribution in [0.3, 0.4) is 0 Å². The maximum Gasteiger partial charge on any atom is 0.225 e. The van der Waals surface area contributed by atoms with Gasteiger partial charge >= 0.3 is 0 Å². The lowest BCUT2D eigenvalue weighted by molar-refractivity contribution is 0.260. The molecule has 0 aliphatic carbocycles. The van der Waals surface area contributed by atoms with Crippen LogP contribution in [0.15, 0.2) is 29.6 Å². The van der Waals surface area contributed by atoms with E-state index in [0.717, 1.165) is 69.1 Å². The average Bonchev–Trinajstić information content (AvgIpc) is 3.21. The smallest absolute Gasteiger partial charge is 0.225 e. The Balaban J connectivity index is 1.40. The zero-order valence-corrected chi connectivity index (χ0v) is 17.6. The van der Waals surface area contributed by atoms with Crippen molar-refractivity contribution in [1.82, 2.24) is 30.5 Å². The van der Waals surface area contributed by atoms with Crippen molar-refractivity contribution in [2.75, 3.05) is 50.7 Å². The Hall–Kier alpha value is -2.26. The highest BCUT2D eigenvalue weighted by Crippen LogP contribution is 2.14. The number of hydrogen-bond acceptors (Lipinski definition) is 7. The van der Waals surface area contributed by atoms with Gasteiger partial charge in [-0.1, -0.05) is 6.92 Å². The number of hydrogen-bond donors (Lipinski definition) is 2. The lowest BCUT2D eigenvalue weighted by atomic mass is 10.3. The molecule has 3 heterocycles. The minimum Gasteiger partial charge on any atom is -0.357 e. The van der Waals surface area contributed by atoms with E-state index in [1.54, 1.807) is 23.7 Å². The number of aryl methyl sites for hydroxylation is 1. The van der Waals surface area contributed by atoms with Crippen molar-refractivity contribution in [3.8, 4) is 0 Å². The first-order chi connectivity index (χ1) is 13.8. The van der Waals surface area contributed by atoms with Crippen molar-refractivity contribution < 1.29 is 0 Å². The highest BCUT2D eigenvalue weighted by molar-refractivity contribution is 7.11. The van der Waals surface area contributed by atoms with Crippen LogP contribution >= 0.6 is 11.3 Å². The van der Waals surface area contributed by atoms with E-state index in [1.165, 1.54) is 4.88 Å². The predicted octanol–water partition coefficient (Wildman–Crippen LogP) is 1.37. The first kappa shape index (κ1) is 20.5. The van der Waals surface area contributed by atoms with Crippen LogP contribution in [0.25, 0.3) is 0 Å². The average molecular weight is 403 g/mol. The zero-order valence-electron chi connectivity index (χ0n) is 16.8. The molecule has 0 saturated carbocycles. The third-order valence-electron chi connectivity index (χ3n) is 4.59. The predicted molar refractivity (Wildman–Crippen MR) is 115 cm³/mol. The number of nitrogens with one attached hydrogen (secondary N) is 2. The van der Waals surface area contributed by atoms with Crippen molar-refractivity contribution in [1.29, 1.82) is 0 Å². The topological polar surface area (TPSA) is 81.6 Å². The fourth-order valence-electron chi connectivity index (χ4n) is 3.03. The molecule has 9 heteroatoms. The standard InChI is InChI=1S/C19H30N8S/c1-3-16-14-24-17(28-16)15-25-18(20-4-2)21-8-9-26-10-12-27(13-11-26)19-22-6-5-7-23-19/h5-7,14H,3-4,8-13,15H2,1-2H3,(H2,20,21,25). The number of anilines is 1. The molecule has 1 aliphatic rings. The summed E-state index contributed by atoms with van der Waals surface area (Å²) in [7, 11) is 0. The highest BCUT2D eigenvalue weighted by atomic mass is 32.1. The maximum atomic E-state index is 4.66. The summed E-state index contributed by atoms with van der Waals surface area (Å²) < 4.78 is 0. The first-order valence-corrected chi connectivity index (χ1v) is 10.8. The van der Waals surface area contributed by atoms with Crippen LogP contribution in [-0.2, 0) is 13.0 Å². The monoisotopic (exact) mass is 402 g/mol. The van der Waals surface area contributed by atoms with E-state index in [0.29, 0.717) is 6.54 Å². The first-order valence-electron chi connectivity index (χ1n) is 9.98. The van der Waals surface area contributed by atoms with E-state index in [-0.39, 0.29) is 0 Å². The second-order valence-electron chi connectivity index (χ2n) is 6.57. The number of thiazole rings is 1. The van der Waals surface area contributed by atoms with E-state index < -0.39 is 0 Å². The molecule has 0 unspecified atom stereocenters. The Morgan fingerprint density at radius 1 is 1.11 bits per heavy atom. The lowest BCUT2D eigenvalue weighted by Crippen LogP contribution is -2.49. The van der Waals surface area contributed by atoms with Crippen LogP contribution in [-0.4, -0.2) is 71.6 Å². The summed E-state index contributed by atoms with van der Waals surface area (Å²) in [5, 5.41) is 7.81. The minimum absolute atomic E-state index is 0.621. The van der Waals surface area contributed by atoms with Crippen molar-refractivity contribution in [3.05, 3.63) is 34.5 Å². The molecule has 28 heavy (non-hydrogen) atoms. The third kappa shape index (κ3) is 6.13. The van der Waals surface area contributed by atoms with Gasteiger partial charge in [-0.3, -0.25) is 4.90 Å². The fourth-order valence-corrected chi connectivity index (χ4v) is 3.82. The quantitative estimate of drug-likeness (QED) is 0.510. The molecule has 0 bridgehead atoms. The second kappa shape index (κ2) is 10.9. The van der Waals surface area contributed by atoms with Gasteiger partial charge in [0.05, 0.1) is 6.54 Å². The molecule has 0 atom stereocenters. The number of guanidine groups is 1. The van der Waals surface area contributed by atoms with Crippen LogP contribution in [0.2, 0.25) is 0 Å². The van der Waals surface area contributed by atoms with Crippen LogP contribution < -0.4 is 15.5 Å². The fraction of sp³-hybridized carbons (Fsp3) is 0.579. The largest absolute Gasteiger partial charge is 0.357 e. The molecular weight excluding hydrogens is 372 g/mol. The number of aliphatic imine (C=N–C) groups is 1. The maximum absolute atomic E-state index is 4.66. The molecule has 152 valence electrons. The Kier molecular flexibility index (Phi) is 7.98. The molecule has 1 fully saturated rings. The van der Waals surface area contributed by atoms with Crippen molar-refractivity contribution in [2.24, 2.45) is 4.99 Å². The molecule has 0 amide bonds. The summed E-state index contributed by atoms with van der Waals surface area (Å²) in [4.78, 5) is 23.8. The van der Waals surface area contributed by atoms with E-state index in [4.69, 9.17) is 0 Å². The molecule has 0 spiro atoms. The van der Waals surface area contributed by atoms with E-state index >= 15 is 0 Å². The van der Waals surface area contributed by atoms with Crippen molar-refractivity contribution in [2.45, 2.75) is 26.8 Å². The van der Waals surface area contributed by atoms with Gasteiger partial charge in [0.15, 0.2) is 5.96 Å². The molecule has 0 radical (unpaired) electrons. The lowest BCUT2D eigenvalue weighted by Gasteiger charge is -2.34. The molecule has 1 saturated heterocycles. The van der Waals surface area contributed by atoms with Crippen molar-refractivity contribution in [3.63, 3.8) is 0 Å². The molecule has 1 aliphatic heterocycles. The van der Waals surface area contributed by atoms with Gasteiger partial charge in [-0.2, -0.15) is 0 Å². The summed E-state index contributed by atoms with van der Waals surface area (Å²) in [5.74, 6) is 1.68. The van der Waals surface area contributed by atoms with Crippen molar-refractivity contribution >= 4 is 23.2 Å². The zero-order chi connectivity index (χ0) is 19.6. The number of nitrogens with zero attached hydrogens (tertiary/aromatic N) is 6. The Morgan fingerprint density at radius 2 is 1.89 bits per heavy atom. The molecule has 8 nitrogen and oxygen atoms in total. The van der Waals surface area contributed by atoms with Crippen LogP contribution in [0, 0.1) is 0 Å². The Labute approximate surface area is 171 Å². The molecular formula is C19H30N8S. The third-order valence-corrected chi connectivity index (χ3v) is 5.72. The minimum atomic E-state index is 0.621. The molecule has 2 aromatic rings. The van der Waals surface area contributed by atoms with Gasteiger partial charge in [0.25, 0.3) is 0 Å². The van der Waals surface area contributed by atoms with Crippen LogP contribution in [0.1, 0.15) is 23.7 Å². The van der Waals surface area contributed by atoms with Gasteiger partial charge in [0.2, 0.25) is 5.95 Å². The number of rotatable bonds is 8. The SMILES string of the molecule is CCNC(=NCc1ncc(CC)s1)NCCN1CCN(c2ncccn2)CC1. The number of piperazine rings is 1. The van der Waals surface area contributed by atoms with Gasteiger partial charge in [-0.05, 0) is 19.4 Å². The Bertz CT molecular complexity index is 725. The molecule has 2 N–H and O–H groups in total. The van der Waals surface area contributed by atoms with Gasteiger partial charge in [-0.25, -0.2) is 19.9 Å². The van der Waals surface area contributed by atoms with E-state index in [2.05, 4.69) is 54.2 Å². The summed E-state index contributed by atoms with van der Waals surface area (Å²) >= 11 is 1.74. The summed E-state index contributed by atoms with van der Waals surface area (Å²) in [6.07, 6.45) is 6.59. The van der Waals surface area contributed by atoms with Crippen LogP contribution in [0.5, 0.6) is 0 Å². The van der Waals surface area contributed by atoms with Gasteiger partial charge < -0.3 is 15.5 Å². The summed E-state index contributed by atoms with van der Waals surface area (Å²) in [5.41, 5.74) is 0. The normalized spacial score (nSPS) is 15.6. The summed E-state index contributed by atoms with van der Waals surface area (Å²) in [6.45, 7) is 11.5. The highest BCUT2D eigenvalue weighted by Gasteiger charge is 2.18. The van der Waals surface area contributed by atoms with E-state index in [9.17, 15) is 0 Å². The van der Waals surface area contributed by atoms with E-state index in [1.807, 2.05) is 12.3 Å². The Morgan fingerprint density at radius 3 is 2.57 bits per heavy atom. The second-order valence-corrected chi connectivity index (χ2v) is 7.77. The summed E-state index contributed by atoms with van der Waals surface area (Å²) in [6, 6.07) is 1.85. The number of aromatic nitrogens is 3. The van der Waals surface area contributed by atoms with Crippen LogP contribution in [0.4, 0.5) is 5.95 Å². The molecule has 0 aromatic carbocycles. The molecule has 3 rings (SSSR count).